The Hall–Kier alpha value is -1.58. The van der Waals surface area contributed by atoms with E-state index in [2.05, 4.69) is 18.0 Å². The van der Waals surface area contributed by atoms with Crippen LogP contribution in [0, 0.1) is 0 Å². The first kappa shape index (κ1) is 12.9. The summed E-state index contributed by atoms with van der Waals surface area (Å²) < 4.78 is 4.73. The van der Waals surface area contributed by atoms with E-state index in [-0.39, 0.29) is 12.5 Å². The van der Waals surface area contributed by atoms with Gasteiger partial charge in [0.2, 0.25) is 0 Å². The van der Waals surface area contributed by atoms with Crippen LogP contribution in [0.1, 0.15) is 31.0 Å². The zero-order valence-corrected chi connectivity index (χ0v) is 11.1. The molecule has 0 atom stereocenters. The highest BCUT2D eigenvalue weighted by molar-refractivity contribution is 5.75. The second kappa shape index (κ2) is 5.85. The van der Waals surface area contributed by atoms with Crippen molar-refractivity contribution < 1.29 is 9.53 Å². The van der Waals surface area contributed by atoms with Gasteiger partial charge in [0.25, 0.3) is 0 Å². The van der Waals surface area contributed by atoms with Crippen LogP contribution in [0.4, 0.5) is 5.82 Å². The lowest BCUT2D eigenvalue weighted by Gasteiger charge is -2.22. The molecule has 0 aromatic carbocycles. The van der Waals surface area contributed by atoms with Crippen LogP contribution in [0.15, 0.2) is 12.1 Å². The monoisotopic (exact) mass is 248 g/mol. The summed E-state index contributed by atoms with van der Waals surface area (Å²) in [5.74, 6) is 0.675. The van der Waals surface area contributed by atoms with Crippen LogP contribution in [-0.2, 0) is 22.4 Å². The van der Waals surface area contributed by atoms with E-state index in [1.807, 2.05) is 11.0 Å². The fraction of sp³-hybridized carbons (Fsp3) is 0.571. The van der Waals surface area contributed by atoms with E-state index in [1.54, 1.807) is 0 Å². The van der Waals surface area contributed by atoms with Crippen LogP contribution in [-0.4, -0.2) is 31.2 Å². The number of hydrogen-bond acceptors (Lipinski definition) is 4. The number of pyridine rings is 1. The fourth-order valence-corrected chi connectivity index (χ4v) is 2.35. The highest BCUT2D eigenvalue weighted by Crippen LogP contribution is 2.23. The molecule has 0 spiro atoms. The van der Waals surface area contributed by atoms with Crippen molar-refractivity contribution in [1.82, 2.24) is 4.98 Å². The molecule has 2 rings (SSSR count). The van der Waals surface area contributed by atoms with Gasteiger partial charge in [-0.25, -0.2) is 4.98 Å². The molecular formula is C14H20N2O2. The summed E-state index contributed by atoms with van der Waals surface area (Å²) in [5, 5.41) is 0. The van der Waals surface area contributed by atoms with Gasteiger partial charge in [-0.05, 0) is 37.3 Å². The summed E-state index contributed by atoms with van der Waals surface area (Å²) in [6.45, 7) is 3.19. The molecule has 0 radical (unpaired) electrons. The van der Waals surface area contributed by atoms with Crippen LogP contribution in [0.3, 0.4) is 0 Å². The largest absolute Gasteiger partial charge is 0.468 e. The maximum Gasteiger partial charge on any atom is 0.325 e. The number of esters is 1. The van der Waals surface area contributed by atoms with Crippen molar-refractivity contribution in [3.05, 3.63) is 23.4 Å². The quantitative estimate of drug-likeness (QED) is 0.747. The summed E-state index contributed by atoms with van der Waals surface area (Å²) in [6.07, 6.45) is 4.36. The maximum atomic E-state index is 11.4. The minimum atomic E-state index is -0.217. The van der Waals surface area contributed by atoms with Crippen LogP contribution >= 0.6 is 0 Å². The molecule has 1 aromatic heterocycles. The number of aromatic nitrogens is 1. The molecule has 0 saturated heterocycles. The Balaban J connectivity index is 2.17. The average molecular weight is 248 g/mol. The van der Waals surface area contributed by atoms with E-state index in [4.69, 9.17) is 4.74 Å². The zero-order chi connectivity index (χ0) is 13.0. The topological polar surface area (TPSA) is 42.4 Å². The molecule has 0 bridgehead atoms. The smallest absolute Gasteiger partial charge is 0.325 e. The molecule has 0 amide bonds. The summed E-state index contributed by atoms with van der Waals surface area (Å²) in [6, 6.07) is 4.16. The lowest BCUT2D eigenvalue weighted by Crippen LogP contribution is -2.32. The zero-order valence-electron chi connectivity index (χ0n) is 11.1. The van der Waals surface area contributed by atoms with Gasteiger partial charge in [-0.3, -0.25) is 4.79 Å². The first-order chi connectivity index (χ1) is 8.74. The third-order valence-electron chi connectivity index (χ3n) is 3.28. The van der Waals surface area contributed by atoms with Crippen molar-refractivity contribution >= 4 is 11.8 Å². The molecule has 1 aromatic rings. The molecule has 1 heterocycles. The van der Waals surface area contributed by atoms with Gasteiger partial charge in [0.1, 0.15) is 12.4 Å². The SMILES string of the molecule is CCCN(CC(=O)OC)c1ccc2c(n1)CCC2. The Morgan fingerprint density at radius 1 is 1.44 bits per heavy atom. The number of aryl methyl sites for hydroxylation is 2. The maximum absolute atomic E-state index is 11.4. The number of rotatable bonds is 5. The molecule has 1 aliphatic carbocycles. The number of fused-ring (bicyclic) bond motifs is 1. The minimum Gasteiger partial charge on any atom is -0.468 e. The van der Waals surface area contributed by atoms with Gasteiger partial charge in [-0.2, -0.15) is 0 Å². The summed E-state index contributed by atoms with van der Waals surface area (Å²) >= 11 is 0. The molecule has 4 heteroatoms. The van der Waals surface area contributed by atoms with Gasteiger partial charge >= 0.3 is 5.97 Å². The van der Waals surface area contributed by atoms with E-state index < -0.39 is 0 Å². The Morgan fingerprint density at radius 2 is 2.28 bits per heavy atom. The second-order valence-corrected chi connectivity index (χ2v) is 4.63. The molecule has 1 aliphatic rings. The molecule has 0 saturated carbocycles. The Labute approximate surface area is 108 Å². The molecule has 0 N–H and O–H groups in total. The minimum absolute atomic E-state index is 0.217. The number of carbonyl (C=O) groups excluding carboxylic acids is 1. The van der Waals surface area contributed by atoms with Crippen molar-refractivity contribution in [3.8, 4) is 0 Å². The molecule has 4 nitrogen and oxygen atoms in total. The average Bonchev–Trinajstić information content (AvgIpc) is 2.85. The van der Waals surface area contributed by atoms with Gasteiger partial charge < -0.3 is 9.64 Å². The fourth-order valence-electron chi connectivity index (χ4n) is 2.35. The standard InChI is InChI=1S/C14H20N2O2/c1-3-9-16(10-14(17)18-2)13-8-7-11-5-4-6-12(11)15-13/h7-8H,3-6,9-10H2,1-2H3. The highest BCUT2D eigenvalue weighted by atomic mass is 16.5. The Morgan fingerprint density at radius 3 is 3.00 bits per heavy atom. The van der Waals surface area contributed by atoms with E-state index in [1.165, 1.54) is 24.8 Å². The van der Waals surface area contributed by atoms with E-state index >= 15 is 0 Å². The van der Waals surface area contributed by atoms with Crippen molar-refractivity contribution in [2.45, 2.75) is 32.6 Å². The molecule has 0 aliphatic heterocycles. The van der Waals surface area contributed by atoms with Gasteiger partial charge in [-0.1, -0.05) is 13.0 Å². The molecule has 98 valence electrons. The highest BCUT2D eigenvalue weighted by Gasteiger charge is 2.17. The van der Waals surface area contributed by atoms with Gasteiger partial charge in [0, 0.05) is 12.2 Å². The van der Waals surface area contributed by atoms with E-state index in [0.717, 1.165) is 31.6 Å². The number of carbonyl (C=O) groups is 1. The predicted molar refractivity (Wildman–Crippen MR) is 70.8 cm³/mol. The lowest BCUT2D eigenvalue weighted by atomic mass is 10.2. The first-order valence-electron chi connectivity index (χ1n) is 6.55. The molecular weight excluding hydrogens is 228 g/mol. The Kier molecular flexibility index (Phi) is 4.18. The molecule has 0 unspecified atom stereocenters. The van der Waals surface area contributed by atoms with Crippen LogP contribution in [0.2, 0.25) is 0 Å². The molecule has 0 fully saturated rings. The Bertz CT molecular complexity index is 432. The first-order valence-corrected chi connectivity index (χ1v) is 6.55. The van der Waals surface area contributed by atoms with Crippen LogP contribution in [0.25, 0.3) is 0 Å². The normalized spacial score (nSPS) is 13.2. The van der Waals surface area contributed by atoms with Crippen molar-refractivity contribution in [2.24, 2.45) is 0 Å². The van der Waals surface area contributed by atoms with Gasteiger partial charge in [0.15, 0.2) is 0 Å². The van der Waals surface area contributed by atoms with Crippen molar-refractivity contribution in [1.29, 1.82) is 0 Å². The van der Waals surface area contributed by atoms with Crippen molar-refractivity contribution in [3.63, 3.8) is 0 Å². The van der Waals surface area contributed by atoms with Crippen LogP contribution in [0.5, 0.6) is 0 Å². The molecule has 18 heavy (non-hydrogen) atoms. The number of ether oxygens (including phenoxy) is 1. The number of anilines is 1. The van der Waals surface area contributed by atoms with Crippen molar-refractivity contribution in [2.75, 3.05) is 25.1 Å². The van der Waals surface area contributed by atoms with E-state index in [0.29, 0.717) is 0 Å². The summed E-state index contributed by atoms with van der Waals surface area (Å²) in [5.41, 5.74) is 2.55. The third-order valence-corrected chi connectivity index (χ3v) is 3.28. The summed E-state index contributed by atoms with van der Waals surface area (Å²) in [7, 11) is 1.42. The second-order valence-electron chi connectivity index (χ2n) is 4.63. The number of hydrogen-bond donors (Lipinski definition) is 0. The van der Waals surface area contributed by atoms with Gasteiger partial charge in [0.05, 0.1) is 7.11 Å². The number of methoxy groups -OCH3 is 1. The van der Waals surface area contributed by atoms with Crippen LogP contribution < -0.4 is 4.90 Å². The van der Waals surface area contributed by atoms with Gasteiger partial charge in [-0.15, -0.1) is 0 Å². The predicted octanol–water partition coefficient (Wildman–Crippen LogP) is 1.96. The third kappa shape index (κ3) is 2.81. The summed E-state index contributed by atoms with van der Waals surface area (Å²) in [4.78, 5) is 18.1. The van der Waals surface area contributed by atoms with E-state index in [9.17, 15) is 4.79 Å². The number of nitrogens with zero attached hydrogens (tertiary/aromatic N) is 2. The lowest BCUT2D eigenvalue weighted by molar-refractivity contribution is -0.138.